The lowest BCUT2D eigenvalue weighted by atomic mass is 10.2. The van der Waals surface area contributed by atoms with Crippen molar-refractivity contribution < 1.29 is 5.11 Å². The first-order valence-corrected chi connectivity index (χ1v) is 8.13. The quantitative estimate of drug-likeness (QED) is 0.606. The molecule has 2 heterocycles. The lowest BCUT2D eigenvalue weighted by Gasteiger charge is -2.41. The van der Waals surface area contributed by atoms with Gasteiger partial charge in [-0.05, 0) is 13.3 Å². The molecule has 112 valence electrons. The summed E-state index contributed by atoms with van der Waals surface area (Å²) in [4.78, 5) is 14.0. The lowest BCUT2D eigenvalue weighted by Crippen LogP contribution is -2.59. The number of piperazine rings is 1. The summed E-state index contributed by atoms with van der Waals surface area (Å²) in [5.74, 6) is 0.649. The molecule has 0 amide bonds. The van der Waals surface area contributed by atoms with Gasteiger partial charge in [-0.1, -0.05) is 11.6 Å². The highest BCUT2D eigenvalue weighted by Crippen LogP contribution is 2.25. The fraction of sp³-hybridized carbons (Fsp3) is 0.667. The Morgan fingerprint density at radius 3 is 2.95 bits per heavy atom. The molecule has 1 aromatic rings. The Hall–Kier alpha value is -0.600. The molecule has 1 unspecified atom stereocenters. The first kappa shape index (κ1) is 15.8. The molecule has 1 aromatic heterocycles. The van der Waals surface area contributed by atoms with Gasteiger partial charge in [0.2, 0.25) is 5.95 Å². The molecule has 0 aromatic carbocycles. The summed E-state index contributed by atoms with van der Waals surface area (Å²) in [6.45, 7) is 3.38. The van der Waals surface area contributed by atoms with Crippen LogP contribution in [-0.2, 0) is 0 Å². The van der Waals surface area contributed by atoms with E-state index in [0.717, 1.165) is 24.5 Å². The van der Waals surface area contributed by atoms with E-state index < -0.39 is 0 Å². The topological polar surface area (TPSA) is 64.5 Å². The maximum Gasteiger partial charge on any atom is 0.228 e. The third kappa shape index (κ3) is 3.53. The van der Waals surface area contributed by atoms with Crippen LogP contribution >= 0.6 is 23.4 Å². The van der Waals surface area contributed by atoms with E-state index in [2.05, 4.69) is 25.1 Å². The fourth-order valence-electron chi connectivity index (χ4n) is 2.29. The average Bonchev–Trinajstić information content (AvgIpc) is 2.47. The molecule has 6 nitrogen and oxygen atoms in total. The summed E-state index contributed by atoms with van der Waals surface area (Å²) in [5, 5.41) is 12.8. The average molecular weight is 318 g/mol. The Labute approximate surface area is 128 Å². The molecule has 2 N–H and O–H groups in total. The first-order chi connectivity index (χ1) is 9.69. The zero-order valence-electron chi connectivity index (χ0n) is 11.7. The van der Waals surface area contributed by atoms with Crippen LogP contribution in [0.1, 0.15) is 0 Å². The van der Waals surface area contributed by atoms with Crippen molar-refractivity contribution in [1.29, 1.82) is 0 Å². The zero-order valence-corrected chi connectivity index (χ0v) is 13.3. The van der Waals surface area contributed by atoms with E-state index in [1.165, 1.54) is 11.8 Å². The second kappa shape index (κ2) is 7.42. The van der Waals surface area contributed by atoms with Crippen molar-refractivity contribution in [2.45, 2.75) is 11.1 Å². The Bertz CT molecular complexity index is 450. The second-order valence-corrected chi connectivity index (χ2v) is 5.76. The number of halogens is 1. The normalized spacial score (nSPS) is 20.4. The molecular formula is C12H20ClN5OS. The van der Waals surface area contributed by atoms with Crippen LogP contribution in [0, 0.1) is 0 Å². The molecule has 0 radical (unpaired) electrons. The molecule has 1 saturated heterocycles. The first-order valence-electron chi connectivity index (χ1n) is 6.53. The van der Waals surface area contributed by atoms with E-state index in [0.29, 0.717) is 17.6 Å². The second-order valence-electron chi connectivity index (χ2n) is 4.55. The van der Waals surface area contributed by atoms with Crippen LogP contribution in [0.15, 0.2) is 11.1 Å². The van der Waals surface area contributed by atoms with Gasteiger partial charge in [0.25, 0.3) is 0 Å². The minimum absolute atomic E-state index is 0.117. The number of hydrogen-bond donors (Lipinski definition) is 2. The lowest BCUT2D eigenvalue weighted by molar-refractivity contribution is 0.163. The van der Waals surface area contributed by atoms with Crippen LogP contribution in [0.25, 0.3) is 0 Å². The maximum atomic E-state index is 9.03. The van der Waals surface area contributed by atoms with Gasteiger partial charge in [0.05, 0.1) is 17.7 Å². The van der Waals surface area contributed by atoms with Crippen molar-refractivity contribution in [3.8, 4) is 0 Å². The number of aliphatic hydroxyl groups is 1. The number of anilines is 1. The van der Waals surface area contributed by atoms with Crippen LogP contribution < -0.4 is 10.2 Å². The SMILES string of the molecule is CNC1CN(CCO)CCN1c1ncc(SC)c(Cl)n1. The Balaban J connectivity index is 2.13. The van der Waals surface area contributed by atoms with E-state index in [4.69, 9.17) is 16.7 Å². The number of likely N-dealkylation sites (N-methyl/N-ethyl adjacent to an activating group) is 1. The number of thioether (sulfide) groups is 1. The minimum atomic E-state index is 0.117. The number of rotatable bonds is 5. The predicted molar refractivity (Wildman–Crippen MR) is 82.5 cm³/mol. The molecule has 0 saturated carbocycles. The third-order valence-corrected chi connectivity index (χ3v) is 4.53. The smallest absolute Gasteiger partial charge is 0.228 e. The van der Waals surface area contributed by atoms with Gasteiger partial charge in [0.15, 0.2) is 0 Å². The molecule has 0 spiro atoms. The molecule has 1 atom stereocenters. The number of β-amino-alcohol motifs (C(OH)–C–C–N with tert-alkyl or cyclic N) is 1. The molecular weight excluding hydrogens is 298 g/mol. The highest BCUT2D eigenvalue weighted by Gasteiger charge is 2.27. The van der Waals surface area contributed by atoms with Gasteiger partial charge in [0, 0.05) is 32.4 Å². The highest BCUT2D eigenvalue weighted by molar-refractivity contribution is 7.98. The summed E-state index contributed by atoms with van der Waals surface area (Å²) in [5.41, 5.74) is 0. The predicted octanol–water partition coefficient (Wildman–Crippen LogP) is 0.512. The van der Waals surface area contributed by atoms with Crippen molar-refractivity contribution >= 4 is 29.3 Å². The Morgan fingerprint density at radius 1 is 1.55 bits per heavy atom. The third-order valence-electron chi connectivity index (χ3n) is 3.39. The molecule has 1 fully saturated rings. The van der Waals surface area contributed by atoms with Gasteiger partial charge < -0.3 is 10.0 Å². The molecule has 0 aliphatic carbocycles. The van der Waals surface area contributed by atoms with E-state index in [9.17, 15) is 0 Å². The molecule has 1 aliphatic heterocycles. The van der Waals surface area contributed by atoms with Crippen LogP contribution in [0.5, 0.6) is 0 Å². The Morgan fingerprint density at radius 2 is 2.35 bits per heavy atom. The number of nitrogens with one attached hydrogen (secondary N) is 1. The highest BCUT2D eigenvalue weighted by atomic mass is 35.5. The summed E-state index contributed by atoms with van der Waals surface area (Å²) in [6, 6.07) is 0. The van der Waals surface area contributed by atoms with Gasteiger partial charge in [-0.25, -0.2) is 4.98 Å². The molecule has 20 heavy (non-hydrogen) atoms. The van der Waals surface area contributed by atoms with Gasteiger partial charge in [-0.15, -0.1) is 11.8 Å². The van der Waals surface area contributed by atoms with E-state index in [1.54, 1.807) is 6.20 Å². The fourth-order valence-corrected chi connectivity index (χ4v) is 3.02. The summed E-state index contributed by atoms with van der Waals surface area (Å²) in [7, 11) is 1.91. The summed E-state index contributed by atoms with van der Waals surface area (Å²) < 4.78 is 0. The van der Waals surface area contributed by atoms with Crippen LogP contribution in [0.3, 0.4) is 0 Å². The molecule has 2 rings (SSSR count). The van der Waals surface area contributed by atoms with Crippen molar-refractivity contribution in [1.82, 2.24) is 20.2 Å². The standard InChI is InChI=1S/C12H20ClN5OS/c1-14-10-8-17(5-6-19)3-4-18(10)12-15-7-9(20-2)11(13)16-12/h7,10,14,19H,3-6,8H2,1-2H3. The minimum Gasteiger partial charge on any atom is -0.395 e. The zero-order chi connectivity index (χ0) is 14.5. The monoisotopic (exact) mass is 317 g/mol. The Kier molecular flexibility index (Phi) is 5.86. The van der Waals surface area contributed by atoms with Gasteiger partial charge >= 0.3 is 0 Å². The van der Waals surface area contributed by atoms with Crippen LogP contribution in [0.4, 0.5) is 5.95 Å². The maximum absolute atomic E-state index is 9.03. The van der Waals surface area contributed by atoms with Crippen LogP contribution in [-0.4, -0.2) is 72.2 Å². The van der Waals surface area contributed by atoms with Gasteiger partial charge in [0.1, 0.15) is 5.15 Å². The van der Waals surface area contributed by atoms with Crippen molar-refractivity contribution in [2.75, 3.05) is 51.0 Å². The van der Waals surface area contributed by atoms with E-state index >= 15 is 0 Å². The number of hydrogen-bond acceptors (Lipinski definition) is 7. The largest absolute Gasteiger partial charge is 0.395 e. The van der Waals surface area contributed by atoms with Crippen LogP contribution in [0.2, 0.25) is 5.15 Å². The number of aromatic nitrogens is 2. The summed E-state index contributed by atoms with van der Waals surface area (Å²) in [6.07, 6.45) is 3.84. The number of nitrogens with zero attached hydrogens (tertiary/aromatic N) is 4. The van der Waals surface area contributed by atoms with Crippen molar-refractivity contribution in [2.24, 2.45) is 0 Å². The number of aliphatic hydroxyl groups excluding tert-OH is 1. The molecule has 8 heteroatoms. The molecule has 1 aliphatic rings. The van der Waals surface area contributed by atoms with E-state index in [-0.39, 0.29) is 12.8 Å². The molecule has 0 bridgehead atoms. The van der Waals surface area contributed by atoms with Crippen molar-refractivity contribution in [3.63, 3.8) is 0 Å². The van der Waals surface area contributed by atoms with Crippen molar-refractivity contribution in [3.05, 3.63) is 11.3 Å². The van der Waals surface area contributed by atoms with Gasteiger partial charge in [-0.2, -0.15) is 4.98 Å². The van der Waals surface area contributed by atoms with Gasteiger partial charge in [-0.3, -0.25) is 10.2 Å². The van der Waals surface area contributed by atoms with E-state index in [1.807, 2.05) is 13.3 Å². The summed E-state index contributed by atoms with van der Waals surface area (Å²) >= 11 is 7.69.